The minimum absolute atomic E-state index is 0.205. The first-order valence-electron chi connectivity index (χ1n) is 7.78. The highest BCUT2D eigenvalue weighted by molar-refractivity contribution is 5.99. The maximum Gasteiger partial charge on any atom is 0.341 e. The lowest BCUT2D eigenvalue weighted by Crippen LogP contribution is -2.14. The normalized spacial score (nSPS) is 10.3. The van der Waals surface area contributed by atoms with E-state index < -0.39 is 5.97 Å². The fourth-order valence-corrected chi connectivity index (χ4v) is 2.21. The number of carbonyl (C=O) groups is 2. The number of benzene rings is 2. The molecule has 0 bridgehead atoms. The monoisotopic (exact) mass is 332 g/mol. The van der Waals surface area contributed by atoms with E-state index in [1.54, 1.807) is 12.1 Å². The van der Waals surface area contributed by atoms with Crippen molar-refractivity contribution in [2.45, 2.75) is 6.92 Å². The van der Waals surface area contributed by atoms with Crippen molar-refractivity contribution in [2.75, 3.05) is 6.61 Å². The molecule has 3 rings (SSSR count). The van der Waals surface area contributed by atoms with Crippen molar-refractivity contribution < 1.29 is 14.3 Å². The third kappa shape index (κ3) is 4.14. The molecule has 5 nitrogen and oxygen atoms in total. The highest BCUT2D eigenvalue weighted by Gasteiger charge is 2.13. The Morgan fingerprint density at radius 1 is 0.880 bits per heavy atom. The van der Waals surface area contributed by atoms with Gasteiger partial charge in [-0.2, -0.15) is 0 Å². The summed E-state index contributed by atoms with van der Waals surface area (Å²) in [6.45, 7) is 1.62. The van der Waals surface area contributed by atoms with E-state index in [1.807, 2.05) is 49.4 Å². The van der Waals surface area contributed by atoms with E-state index in [0.29, 0.717) is 11.4 Å². The summed E-state index contributed by atoms with van der Waals surface area (Å²) in [4.78, 5) is 32.4. The Morgan fingerprint density at radius 3 is 2.16 bits per heavy atom. The number of ketones is 1. The van der Waals surface area contributed by atoms with E-state index in [2.05, 4.69) is 9.97 Å². The topological polar surface area (TPSA) is 69.2 Å². The highest BCUT2D eigenvalue weighted by atomic mass is 16.5. The van der Waals surface area contributed by atoms with Crippen LogP contribution in [-0.2, 0) is 4.74 Å². The Bertz CT molecular complexity index is 873. The number of esters is 1. The van der Waals surface area contributed by atoms with Crippen molar-refractivity contribution in [3.63, 3.8) is 0 Å². The molecule has 3 aromatic rings. The van der Waals surface area contributed by atoms with E-state index in [9.17, 15) is 9.59 Å². The molecule has 0 aliphatic carbocycles. The first-order chi connectivity index (χ1) is 12.1. The van der Waals surface area contributed by atoms with Gasteiger partial charge in [0.05, 0.1) is 5.56 Å². The fraction of sp³-hybridized carbons (Fsp3) is 0.100. The molecule has 0 fully saturated rings. The molecule has 1 aromatic heterocycles. The van der Waals surface area contributed by atoms with Gasteiger partial charge in [0.15, 0.2) is 18.2 Å². The maximum absolute atomic E-state index is 12.0. The number of nitrogens with zero attached hydrogens (tertiary/aromatic N) is 2. The van der Waals surface area contributed by atoms with Crippen LogP contribution in [-0.4, -0.2) is 28.3 Å². The SMILES string of the molecule is Cc1ccc(C(=O)COC(=O)c2cnc(-c3ccccc3)nc2)cc1. The van der Waals surface area contributed by atoms with Gasteiger partial charge in [-0.25, -0.2) is 14.8 Å². The van der Waals surface area contributed by atoms with Gasteiger partial charge in [-0.15, -0.1) is 0 Å². The van der Waals surface area contributed by atoms with Crippen molar-refractivity contribution in [1.29, 1.82) is 0 Å². The Morgan fingerprint density at radius 2 is 1.52 bits per heavy atom. The van der Waals surface area contributed by atoms with Gasteiger partial charge in [-0.1, -0.05) is 60.2 Å². The molecule has 5 heteroatoms. The van der Waals surface area contributed by atoms with Crippen molar-refractivity contribution in [1.82, 2.24) is 9.97 Å². The number of Topliss-reactive ketones (excluding diaryl/α,β-unsaturated/α-hetero) is 1. The Labute approximate surface area is 145 Å². The van der Waals surface area contributed by atoms with Gasteiger partial charge >= 0.3 is 5.97 Å². The standard InChI is InChI=1S/C20H16N2O3/c1-14-7-9-15(10-8-14)18(23)13-25-20(24)17-11-21-19(22-12-17)16-5-3-2-4-6-16/h2-12H,13H2,1H3. The second-order valence-corrected chi connectivity index (χ2v) is 5.53. The Balaban J connectivity index is 1.61. The molecule has 0 spiro atoms. The number of aromatic nitrogens is 2. The van der Waals surface area contributed by atoms with Crippen LogP contribution in [0.15, 0.2) is 67.0 Å². The van der Waals surface area contributed by atoms with Crippen molar-refractivity contribution in [3.8, 4) is 11.4 Å². The molecule has 0 amide bonds. The first-order valence-corrected chi connectivity index (χ1v) is 7.78. The minimum Gasteiger partial charge on any atom is -0.454 e. The van der Waals surface area contributed by atoms with Gasteiger partial charge in [0.1, 0.15) is 0 Å². The summed E-state index contributed by atoms with van der Waals surface area (Å²) in [5.41, 5.74) is 2.63. The van der Waals surface area contributed by atoms with Crippen LogP contribution < -0.4 is 0 Å². The molecule has 2 aromatic carbocycles. The lowest BCUT2D eigenvalue weighted by molar-refractivity contribution is 0.0474. The predicted molar refractivity (Wildman–Crippen MR) is 93.3 cm³/mol. The highest BCUT2D eigenvalue weighted by Crippen LogP contribution is 2.13. The van der Waals surface area contributed by atoms with E-state index >= 15 is 0 Å². The summed E-state index contributed by atoms with van der Waals surface area (Å²) < 4.78 is 5.05. The Hall–Kier alpha value is -3.34. The number of rotatable bonds is 5. The maximum atomic E-state index is 12.0. The molecule has 0 atom stereocenters. The van der Waals surface area contributed by atoms with Crippen LogP contribution >= 0.6 is 0 Å². The molecule has 124 valence electrons. The van der Waals surface area contributed by atoms with E-state index in [4.69, 9.17) is 4.74 Å². The van der Waals surface area contributed by atoms with Gasteiger partial charge < -0.3 is 4.74 Å². The molecular formula is C20H16N2O3. The van der Waals surface area contributed by atoms with Crippen LogP contribution in [0.1, 0.15) is 26.3 Å². The second-order valence-electron chi connectivity index (χ2n) is 5.53. The Kier molecular flexibility index (Phi) is 4.95. The van der Waals surface area contributed by atoms with Gasteiger partial charge in [-0.3, -0.25) is 4.79 Å². The van der Waals surface area contributed by atoms with Crippen molar-refractivity contribution in [2.24, 2.45) is 0 Å². The zero-order valence-electron chi connectivity index (χ0n) is 13.7. The minimum atomic E-state index is -0.625. The zero-order chi connectivity index (χ0) is 17.6. The van der Waals surface area contributed by atoms with Gasteiger partial charge in [0.2, 0.25) is 0 Å². The zero-order valence-corrected chi connectivity index (χ0v) is 13.7. The lowest BCUT2D eigenvalue weighted by atomic mass is 10.1. The van der Waals surface area contributed by atoms with Crippen LogP contribution in [0.3, 0.4) is 0 Å². The number of carbonyl (C=O) groups excluding carboxylic acids is 2. The summed E-state index contributed by atoms with van der Waals surface area (Å²) in [7, 11) is 0. The van der Waals surface area contributed by atoms with Gasteiger partial charge in [0.25, 0.3) is 0 Å². The largest absolute Gasteiger partial charge is 0.454 e. The molecule has 0 N–H and O–H groups in total. The lowest BCUT2D eigenvalue weighted by Gasteiger charge is -2.05. The van der Waals surface area contributed by atoms with Crippen LogP contribution in [0.2, 0.25) is 0 Å². The summed E-state index contributed by atoms with van der Waals surface area (Å²) in [6.07, 6.45) is 2.79. The van der Waals surface area contributed by atoms with E-state index in [1.165, 1.54) is 12.4 Å². The first kappa shape index (κ1) is 16.5. The summed E-state index contributed by atoms with van der Waals surface area (Å²) in [5, 5.41) is 0. The molecule has 0 aliphatic heterocycles. The van der Waals surface area contributed by atoms with Gasteiger partial charge in [0, 0.05) is 23.5 Å². The number of ether oxygens (including phenoxy) is 1. The van der Waals surface area contributed by atoms with Crippen LogP contribution in [0.5, 0.6) is 0 Å². The smallest absolute Gasteiger partial charge is 0.341 e. The molecule has 0 aliphatic rings. The summed E-state index contributed by atoms with van der Waals surface area (Å²) in [6, 6.07) is 16.5. The third-order valence-electron chi connectivity index (χ3n) is 3.63. The van der Waals surface area contributed by atoms with Crippen LogP contribution in [0, 0.1) is 6.92 Å². The second kappa shape index (κ2) is 7.49. The van der Waals surface area contributed by atoms with Gasteiger partial charge in [-0.05, 0) is 6.92 Å². The summed E-state index contributed by atoms with van der Waals surface area (Å²) in [5.74, 6) is -0.358. The fourth-order valence-electron chi connectivity index (χ4n) is 2.21. The number of hydrogen-bond donors (Lipinski definition) is 0. The molecule has 0 radical (unpaired) electrons. The van der Waals surface area contributed by atoms with E-state index in [-0.39, 0.29) is 18.0 Å². The number of aryl methyl sites for hydroxylation is 1. The van der Waals surface area contributed by atoms with Crippen molar-refractivity contribution in [3.05, 3.63) is 83.7 Å². The molecular weight excluding hydrogens is 316 g/mol. The van der Waals surface area contributed by atoms with Crippen LogP contribution in [0.25, 0.3) is 11.4 Å². The van der Waals surface area contributed by atoms with E-state index in [0.717, 1.165) is 11.1 Å². The average molecular weight is 332 g/mol. The predicted octanol–water partition coefficient (Wildman–Crippen LogP) is 3.49. The number of hydrogen-bond acceptors (Lipinski definition) is 5. The average Bonchev–Trinajstić information content (AvgIpc) is 2.67. The molecule has 0 saturated heterocycles. The third-order valence-corrected chi connectivity index (χ3v) is 3.63. The van der Waals surface area contributed by atoms with Crippen molar-refractivity contribution >= 4 is 11.8 Å². The molecule has 0 unspecified atom stereocenters. The molecule has 0 saturated carbocycles. The summed E-state index contributed by atoms with van der Waals surface area (Å²) >= 11 is 0. The molecule has 25 heavy (non-hydrogen) atoms. The quantitative estimate of drug-likeness (QED) is 0.528. The molecule has 1 heterocycles. The van der Waals surface area contributed by atoms with Crippen LogP contribution in [0.4, 0.5) is 0 Å².